The molecular weight excluding hydrogens is 342 g/mol. The maximum atomic E-state index is 5.67. The molecule has 0 radical (unpaired) electrons. The molecule has 0 spiro atoms. The van der Waals surface area contributed by atoms with Crippen LogP contribution in [-0.4, -0.2) is 35.4 Å². The number of benzene rings is 2. The van der Waals surface area contributed by atoms with E-state index in [0.29, 0.717) is 24.9 Å². The zero-order valence-corrected chi connectivity index (χ0v) is 15.7. The first-order chi connectivity index (χ1) is 13.1. The van der Waals surface area contributed by atoms with Gasteiger partial charge in [0.15, 0.2) is 5.82 Å². The zero-order valence-electron chi connectivity index (χ0n) is 15.7. The van der Waals surface area contributed by atoms with E-state index in [0.717, 1.165) is 17.2 Å². The van der Waals surface area contributed by atoms with Crippen molar-refractivity contribution in [3.05, 3.63) is 59.8 Å². The number of nitrogens with one attached hydrogen (secondary N) is 2. The first-order valence-corrected chi connectivity index (χ1v) is 8.68. The molecule has 140 valence electrons. The molecule has 27 heavy (non-hydrogen) atoms. The molecule has 1 heterocycles. The molecule has 0 bridgehead atoms. The van der Waals surface area contributed by atoms with Crippen molar-refractivity contribution in [2.24, 2.45) is 0 Å². The Hall–Kier alpha value is -3.35. The minimum absolute atomic E-state index is 0.447. The molecule has 0 aliphatic heterocycles. The smallest absolute Gasteiger partial charge is 0.244 e. The van der Waals surface area contributed by atoms with Crippen molar-refractivity contribution in [3.8, 4) is 11.5 Å². The third-order valence-electron chi connectivity index (χ3n) is 3.77. The Balaban J connectivity index is 1.51. The quantitative estimate of drug-likeness (QED) is 0.589. The molecular formula is C20H23N5O2. The van der Waals surface area contributed by atoms with Crippen molar-refractivity contribution >= 4 is 17.5 Å². The van der Waals surface area contributed by atoms with E-state index in [1.165, 1.54) is 11.1 Å². The topological polar surface area (TPSA) is 81.2 Å². The first kappa shape index (κ1) is 18.4. The molecule has 2 aromatic carbocycles. The summed E-state index contributed by atoms with van der Waals surface area (Å²) in [6.07, 6.45) is 1.59. The Bertz CT molecular complexity index is 864. The fourth-order valence-electron chi connectivity index (χ4n) is 2.64. The van der Waals surface area contributed by atoms with Gasteiger partial charge < -0.3 is 20.1 Å². The normalized spacial score (nSPS) is 10.3. The van der Waals surface area contributed by atoms with Gasteiger partial charge in [-0.25, -0.2) is 0 Å². The molecule has 0 saturated heterocycles. The van der Waals surface area contributed by atoms with E-state index in [4.69, 9.17) is 9.47 Å². The molecule has 7 heteroatoms. The van der Waals surface area contributed by atoms with Crippen LogP contribution >= 0.6 is 0 Å². The number of anilines is 3. The van der Waals surface area contributed by atoms with Crippen molar-refractivity contribution in [2.75, 3.05) is 30.9 Å². The van der Waals surface area contributed by atoms with Crippen LogP contribution in [0.5, 0.6) is 11.5 Å². The van der Waals surface area contributed by atoms with Gasteiger partial charge in [-0.3, -0.25) is 0 Å². The van der Waals surface area contributed by atoms with E-state index >= 15 is 0 Å². The molecule has 0 amide bonds. The number of aromatic nitrogens is 3. The number of ether oxygens (including phenoxy) is 2. The van der Waals surface area contributed by atoms with Crippen LogP contribution in [0.1, 0.15) is 11.1 Å². The van der Waals surface area contributed by atoms with Gasteiger partial charge in [-0.1, -0.05) is 6.07 Å². The molecule has 0 saturated carbocycles. The Morgan fingerprint density at radius 3 is 2.37 bits per heavy atom. The highest BCUT2D eigenvalue weighted by molar-refractivity contribution is 5.58. The van der Waals surface area contributed by atoms with Crippen LogP contribution in [0.15, 0.2) is 48.7 Å². The Morgan fingerprint density at radius 2 is 1.67 bits per heavy atom. The second kappa shape index (κ2) is 8.84. The minimum atomic E-state index is 0.447. The minimum Gasteiger partial charge on any atom is -0.497 e. The summed E-state index contributed by atoms with van der Waals surface area (Å²) in [5.41, 5.74) is 3.35. The molecule has 1 aromatic heterocycles. The maximum absolute atomic E-state index is 5.67. The van der Waals surface area contributed by atoms with Crippen molar-refractivity contribution in [2.45, 2.75) is 13.8 Å². The molecule has 0 unspecified atom stereocenters. The van der Waals surface area contributed by atoms with Gasteiger partial charge in [0.05, 0.1) is 19.9 Å². The number of hydrogen-bond donors (Lipinski definition) is 2. The fourth-order valence-corrected chi connectivity index (χ4v) is 2.64. The van der Waals surface area contributed by atoms with Gasteiger partial charge in [-0.15, -0.1) is 5.10 Å². The van der Waals surface area contributed by atoms with Crippen molar-refractivity contribution in [3.63, 3.8) is 0 Å². The van der Waals surface area contributed by atoms with Gasteiger partial charge >= 0.3 is 0 Å². The SMILES string of the molecule is COc1ccc(OCCNc2nncc(Nc3cc(C)cc(C)c3)n2)cc1. The predicted molar refractivity (Wildman–Crippen MR) is 106 cm³/mol. The maximum Gasteiger partial charge on any atom is 0.244 e. The van der Waals surface area contributed by atoms with E-state index in [9.17, 15) is 0 Å². The second-order valence-electron chi connectivity index (χ2n) is 6.12. The second-order valence-corrected chi connectivity index (χ2v) is 6.12. The average Bonchev–Trinajstić information content (AvgIpc) is 2.65. The highest BCUT2D eigenvalue weighted by atomic mass is 16.5. The molecule has 0 aliphatic rings. The van der Waals surface area contributed by atoms with Crippen molar-refractivity contribution in [1.29, 1.82) is 0 Å². The van der Waals surface area contributed by atoms with E-state index in [1.54, 1.807) is 13.3 Å². The summed E-state index contributed by atoms with van der Waals surface area (Å²) in [5, 5.41) is 14.4. The Kier molecular flexibility index (Phi) is 6.04. The lowest BCUT2D eigenvalue weighted by atomic mass is 10.1. The summed E-state index contributed by atoms with van der Waals surface area (Å²) >= 11 is 0. The number of nitrogens with zero attached hydrogens (tertiary/aromatic N) is 3. The van der Waals surface area contributed by atoms with Gasteiger partial charge in [-0.05, 0) is 61.4 Å². The van der Waals surface area contributed by atoms with Gasteiger partial charge in [0, 0.05) is 5.69 Å². The van der Waals surface area contributed by atoms with Gasteiger partial charge in [0.25, 0.3) is 0 Å². The van der Waals surface area contributed by atoms with E-state index in [1.807, 2.05) is 24.3 Å². The standard InChI is InChI=1S/C20H23N5O2/c1-14-10-15(2)12-16(11-14)23-19-13-22-25-20(24-19)21-8-9-27-18-6-4-17(26-3)5-7-18/h4-7,10-13H,8-9H2,1-3H3,(H2,21,23,24,25). The van der Waals surface area contributed by atoms with Crippen LogP contribution in [-0.2, 0) is 0 Å². The summed E-state index contributed by atoms with van der Waals surface area (Å²) in [4.78, 5) is 4.43. The third kappa shape index (κ3) is 5.57. The number of methoxy groups -OCH3 is 1. The molecule has 0 fully saturated rings. The number of hydrogen-bond acceptors (Lipinski definition) is 7. The third-order valence-corrected chi connectivity index (χ3v) is 3.77. The van der Waals surface area contributed by atoms with Crippen LogP contribution in [0.4, 0.5) is 17.5 Å². The number of aryl methyl sites for hydroxylation is 2. The lowest BCUT2D eigenvalue weighted by Crippen LogP contribution is -2.14. The molecule has 2 N–H and O–H groups in total. The number of rotatable bonds is 8. The van der Waals surface area contributed by atoms with Gasteiger partial charge in [-0.2, -0.15) is 10.1 Å². The summed E-state index contributed by atoms with van der Waals surface area (Å²) in [6.45, 7) is 5.16. The molecule has 3 aromatic rings. The summed E-state index contributed by atoms with van der Waals surface area (Å²) in [6, 6.07) is 13.7. The van der Waals surface area contributed by atoms with Crippen LogP contribution < -0.4 is 20.1 Å². The Morgan fingerprint density at radius 1 is 0.963 bits per heavy atom. The summed E-state index contributed by atoms with van der Waals surface area (Å²) < 4.78 is 10.8. The lowest BCUT2D eigenvalue weighted by Gasteiger charge is -2.10. The Labute approximate surface area is 158 Å². The van der Waals surface area contributed by atoms with Crippen LogP contribution in [0.3, 0.4) is 0 Å². The molecule has 3 rings (SSSR count). The van der Waals surface area contributed by atoms with Crippen LogP contribution in [0.25, 0.3) is 0 Å². The molecule has 0 aliphatic carbocycles. The van der Waals surface area contributed by atoms with E-state index in [2.05, 4.69) is 57.9 Å². The highest BCUT2D eigenvalue weighted by Crippen LogP contribution is 2.18. The molecule has 7 nitrogen and oxygen atoms in total. The predicted octanol–water partition coefficient (Wildman–Crippen LogP) is 3.73. The highest BCUT2D eigenvalue weighted by Gasteiger charge is 2.03. The first-order valence-electron chi connectivity index (χ1n) is 8.68. The van der Waals surface area contributed by atoms with Crippen molar-refractivity contribution in [1.82, 2.24) is 15.2 Å². The van der Waals surface area contributed by atoms with Crippen LogP contribution in [0.2, 0.25) is 0 Å². The monoisotopic (exact) mass is 365 g/mol. The largest absolute Gasteiger partial charge is 0.497 e. The molecule has 0 atom stereocenters. The average molecular weight is 365 g/mol. The fraction of sp³-hybridized carbons (Fsp3) is 0.250. The summed E-state index contributed by atoms with van der Waals surface area (Å²) in [5.74, 6) is 2.66. The van der Waals surface area contributed by atoms with E-state index < -0.39 is 0 Å². The van der Waals surface area contributed by atoms with E-state index in [-0.39, 0.29) is 0 Å². The van der Waals surface area contributed by atoms with Crippen molar-refractivity contribution < 1.29 is 9.47 Å². The summed E-state index contributed by atoms with van der Waals surface area (Å²) in [7, 11) is 1.64. The van der Waals surface area contributed by atoms with Gasteiger partial charge in [0.1, 0.15) is 18.1 Å². The van der Waals surface area contributed by atoms with Crippen LogP contribution in [0, 0.1) is 13.8 Å². The zero-order chi connectivity index (χ0) is 19.1. The lowest BCUT2D eigenvalue weighted by molar-refractivity contribution is 0.331. The van der Waals surface area contributed by atoms with Gasteiger partial charge in [0.2, 0.25) is 5.95 Å².